The van der Waals surface area contributed by atoms with Crippen molar-refractivity contribution in [1.29, 1.82) is 0 Å². The number of hydrogen-bond acceptors (Lipinski definition) is 2. The molecular weight excluding hydrogens is 329 g/mol. The summed E-state index contributed by atoms with van der Waals surface area (Å²) in [6.07, 6.45) is -4.56. The lowest BCUT2D eigenvalue weighted by atomic mass is 10.1. The number of nitrogens with one attached hydrogen (secondary N) is 2. The maximum absolute atomic E-state index is 12.9. The van der Waals surface area contributed by atoms with Crippen molar-refractivity contribution in [1.82, 2.24) is 0 Å². The molecule has 2 aromatic carbocycles. The van der Waals surface area contributed by atoms with E-state index in [2.05, 4.69) is 10.6 Å². The van der Waals surface area contributed by atoms with Crippen molar-refractivity contribution >= 4 is 28.9 Å². The summed E-state index contributed by atoms with van der Waals surface area (Å²) in [5.41, 5.74) is 0.450. The molecule has 2 rings (SSSR count). The number of hydrogen-bond donors (Lipinski definition) is 2. The summed E-state index contributed by atoms with van der Waals surface area (Å²) >= 11 is 5.60. The van der Waals surface area contributed by atoms with E-state index in [4.69, 9.17) is 11.6 Å². The highest BCUT2D eigenvalue weighted by Gasteiger charge is 2.33. The van der Waals surface area contributed by atoms with E-state index in [1.807, 2.05) is 13.0 Å². The van der Waals surface area contributed by atoms with Gasteiger partial charge in [-0.05, 0) is 42.8 Å². The number of carbonyl (C=O) groups excluding carboxylic acids is 1. The van der Waals surface area contributed by atoms with Gasteiger partial charge in [-0.3, -0.25) is 4.79 Å². The van der Waals surface area contributed by atoms with E-state index >= 15 is 0 Å². The zero-order valence-electron chi connectivity index (χ0n) is 12.2. The number of carbonyl (C=O) groups is 1. The van der Waals surface area contributed by atoms with Gasteiger partial charge in [0.1, 0.15) is 0 Å². The molecule has 23 heavy (non-hydrogen) atoms. The van der Waals surface area contributed by atoms with Crippen LogP contribution in [0.4, 0.5) is 24.5 Å². The summed E-state index contributed by atoms with van der Waals surface area (Å²) in [5.74, 6) is -0.446. The number of amides is 1. The van der Waals surface area contributed by atoms with Gasteiger partial charge in [0.2, 0.25) is 5.91 Å². The average Bonchev–Trinajstić information content (AvgIpc) is 2.45. The van der Waals surface area contributed by atoms with Crippen LogP contribution in [0.5, 0.6) is 0 Å². The Hall–Kier alpha value is -2.21. The molecular formula is C16H14ClF3N2O. The Labute approximate surface area is 136 Å². The molecule has 2 aromatic rings. The number of halogens is 4. The van der Waals surface area contributed by atoms with Gasteiger partial charge in [-0.25, -0.2) is 0 Å². The predicted octanol–water partition coefficient (Wildman–Crippen LogP) is 4.72. The molecule has 0 saturated carbocycles. The topological polar surface area (TPSA) is 41.1 Å². The minimum absolute atomic E-state index is 0.0212. The lowest BCUT2D eigenvalue weighted by Gasteiger charge is -2.15. The second-order valence-electron chi connectivity index (χ2n) is 4.96. The minimum Gasteiger partial charge on any atom is -0.376 e. The van der Waals surface area contributed by atoms with Crippen molar-refractivity contribution in [2.75, 3.05) is 17.2 Å². The first-order valence-corrected chi connectivity index (χ1v) is 7.10. The van der Waals surface area contributed by atoms with Gasteiger partial charge < -0.3 is 10.6 Å². The van der Waals surface area contributed by atoms with E-state index in [1.54, 1.807) is 18.2 Å². The smallest absolute Gasteiger partial charge is 0.376 e. The molecule has 0 heterocycles. The Morgan fingerprint density at radius 2 is 1.91 bits per heavy atom. The maximum Gasteiger partial charge on any atom is 0.418 e. The molecule has 0 saturated heterocycles. The third-order valence-electron chi connectivity index (χ3n) is 3.03. The molecule has 2 N–H and O–H groups in total. The largest absolute Gasteiger partial charge is 0.418 e. The van der Waals surface area contributed by atoms with Crippen LogP contribution in [0.25, 0.3) is 0 Å². The second kappa shape index (κ2) is 6.91. The van der Waals surface area contributed by atoms with Gasteiger partial charge in [-0.2, -0.15) is 13.2 Å². The van der Waals surface area contributed by atoms with Gasteiger partial charge in [0.25, 0.3) is 0 Å². The average molecular weight is 343 g/mol. The third kappa shape index (κ3) is 4.89. The predicted molar refractivity (Wildman–Crippen MR) is 84.8 cm³/mol. The number of benzene rings is 2. The zero-order chi connectivity index (χ0) is 17.0. The summed E-state index contributed by atoms with van der Waals surface area (Å²) in [7, 11) is 0. The lowest BCUT2D eigenvalue weighted by Crippen LogP contribution is -2.23. The second-order valence-corrected chi connectivity index (χ2v) is 5.40. The quantitative estimate of drug-likeness (QED) is 0.844. The standard InChI is InChI=1S/C16H14ClF3N2O/c1-10-3-2-4-12(7-10)22-15(23)9-21-14-6-5-11(17)8-13(14)16(18,19)20/h2-8,21H,9H2,1H3,(H,22,23). The SMILES string of the molecule is Cc1cccc(NC(=O)CNc2ccc(Cl)cc2C(F)(F)F)c1. The first kappa shape index (κ1) is 17.1. The first-order chi connectivity index (χ1) is 10.8. The molecule has 0 atom stereocenters. The van der Waals surface area contributed by atoms with Gasteiger partial charge in [0, 0.05) is 16.4 Å². The van der Waals surface area contributed by atoms with Crippen molar-refractivity contribution in [2.24, 2.45) is 0 Å². The lowest BCUT2D eigenvalue weighted by molar-refractivity contribution is -0.137. The van der Waals surface area contributed by atoms with Crippen molar-refractivity contribution < 1.29 is 18.0 Å². The maximum atomic E-state index is 12.9. The van der Waals surface area contributed by atoms with Crippen LogP contribution in [0.2, 0.25) is 5.02 Å². The highest BCUT2D eigenvalue weighted by molar-refractivity contribution is 6.30. The van der Waals surface area contributed by atoms with Crippen LogP contribution in [0.15, 0.2) is 42.5 Å². The van der Waals surface area contributed by atoms with Gasteiger partial charge in [-0.15, -0.1) is 0 Å². The molecule has 0 unspecified atom stereocenters. The minimum atomic E-state index is -4.56. The molecule has 0 aliphatic heterocycles. The van der Waals surface area contributed by atoms with Gasteiger partial charge in [0.05, 0.1) is 12.1 Å². The molecule has 7 heteroatoms. The monoisotopic (exact) mass is 342 g/mol. The number of aryl methyl sites for hydroxylation is 1. The van der Waals surface area contributed by atoms with Crippen molar-refractivity contribution in [3.05, 3.63) is 58.6 Å². The van der Waals surface area contributed by atoms with Crippen LogP contribution in [-0.2, 0) is 11.0 Å². The van der Waals surface area contributed by atoms with E-state index in [0.29, 0.717) is 5.69 Å². The summed E-state index contributed by atoms with van der Waals surface area (Å²) in [6, 6.07) is 10.5. The Morgan fingerprint density at radius 3 is 2.57 bits per heavy atom. The van der Waals surface area contributed by atoms with Crippen LogP contribution >= 0.6 is 11.6 Å². The molecule has 0 aromatic heterocycles. The number of alkyl halides is 3. The molecule has 0 fully saturated rings. The number of rotatable bonds is 4. The first-order valence-electron chi connectivity index (χ1n) is 6.73. The van der Waals surface area contributed by atoms with Crippen LogP contribution in [0.3, 0.4) is 0 Å². The van der Waals surface area contributed by atoms with E-state index in [1.165, 1.54) is 12.1 Å². The fourth-order valence-electron chi connectivity index (χ4n) is 2.01. The summed E-state index contributed by atoms with van der Waals surface area (Å²) in [6.45, 7) is 1.58. The highest BCUT2D eigenvalue weighted by atomic mass is 35.5. The molecule has 0 aliphatic carbocycles. The third-order valence-corrected chi connectivity index (χ3v) is 3.26. The highest BCUT2D eigenvalue weighted by Crippen LogP contribution is 2.36. The van der Waals surface area contributed by atoms with Crippen molar-refractivity contribution in [3.63, 3.8) is 0 Å². The molecule has 1 amide bonds. The Kier molecular flexibility index (Phi) is 5.15. The fraction of sp³-hybridized carbons (Fsp3) is 0.188. The fourth-order valence-corrected chi connectivity index (χ4v) is 2.18. The van der Waals surface area contributed by atoms with Crippen LogP contribution in [-0.4, -0.2) is 12.5 Å². The van der Waals surface area contributed by atoms with Crippen LogP contribution < -0.4 is 10.6 Å². The Morgan fingerprint density at radius 1 is 1.17 bits per heavy atom. The molecule has 0 radical (unpaired) electrons. The van der Waals surface area contributed by atoms with E-state index in [9.17, 15) is 18.0 Å². The van der Waals surface area contributed by atoms with E-state index < -0.39 is 17.6 Å². The van der Waals surface area contributed by atoms with Gasteiger partial charge >= 0.3 is 6.18 Å². The number of anilines is 2. The molecule has 0 spiro atoms. The molecule has 3 nitrogen and oxygen atoms in total. The molecule has 0 aliphatic rings. The van der Waals surface area contributed by atoms with Crippen LogP contribution in [0, 0.1) is 6.92 Å². The normalized spacial score (nSPS) is 11.2. The zero-order valence-corrected chi connectivity index (χ0v) is 12.9. The molecule has 0 bridgehead atoms. The van der Waals surface area contributed by atoms with Crippen molar-refractivity contribution in [2.45, 2.75) is 13.1 Å². The molecule has 122 valence electrons. The van der Waals surface area contributed by atoms with Gasteiger partial charge in [0.15, 0.2) is 0 Å². The van der Waals surface area contributed by atoms with Crippen molar-refractivity contribution in [3.8, 4) is 0 Å². The van der Waals surface area contributed by atoms with Gasteiger partial charge in [-0.1, -0.05) is 23.7 Å². The van der Waals surface area contributed by atoms with Crippen LogP contribution in [0.1, 0.15) is 11.1 Å². The Balaban J connectivity index is 2.05. The van der Waals surface area contributed by atoms with E-state index in [-0.39, 0.29) is 17.3 Å². The summed E-state index contributed by atoms with van der Waals surface area (Å²) < 4.78 is 38.8. The van der Waals surface area contributed by atoms with E-state index in [0.717, 1.165) is 11.6 Å². The summed E-state index contributed by atoms with van der Waals surface area (Å²) in [4.78, 5) is 11.8. The Bertz CT molecular complexity index is 717. The summed E-state index contributed by atoms with van der Waals surface area (Å²) in [5, 5.41) is 5.08.